The van der Waals surface area contributed by atoms with Gasteiger partial charge in [0.25, 0.3) is 0 Å². The molecule has 0 spiro atoms. The highest BCUT2D eigenvalue weighted by atomic mass is 16.3. The summed E-state index contributed by atoms with van der Waals surface area (Å²) in [7, 11) is 0. The molecule has 1 aromatic heterocycles. The zero-order chi connectivity index (χ0) is 12.7. The second kappa shape index (κ2) is 7.45. The fourth-order valence-electron chi connectivity index (χ4n) is 1.98. The van der Waals surface area contributed by atoms with Crippen LogP contribution < -0.4 is 5.32 Å². The van der Waals surface area contributed by atoms with Crippen molar-refractivity contribution in [3.05, 3.63) is 18.2 Å². The van der Waals surface area contributed by atoms with E-state index >= 15 is 0 Å². The highest BCUT2D eigenvalue weighted by Crippen LogP contribution is 2.08. The quantitative estimate of drug-likeness (QED) is 0.727. The summed E-state index contributed by atoms with van der Waals surface area (Å²) in [5, 5.41) is 12.5. The number of aliphatic hydroxyl groups excluding tert-OH is 1. The zero-order valence-corrected chi connectivity index (χ0v) is 11.2. The first-order valence-corrected chi connectivity index (χ1v) is 6.52. The van der Waals surface area contributed by atoms with E-state index in [2.05, 4.69) is 35.6 Å². The molecule has 1 aromatic rings. The standard InChI is InChI=1S/C13H25N3O/c1-4-6-16-10-14-8-12(16)9-15-13(5-7-17)11(2)3/h8,10-11,13,15,17H,4-7,9H2,1-3H3. The largest absolute Gasteiger partial charge is 0.396 e. The van der Waals surface area contributed by atoms with E-state index in [4.69, 9.17) is 5.11 Å². The second-order valence-corrected chi connectivity index (χ2v) is 4.82. The molecule has 1 heterocycles. The Labute approximate surface area is 104 Å². The highest BCUT2D eigenvalue weighted by molar-refractivity contribution is 4.98. The maximum Gasteiger partial charge on any atom is 0.0948 e. The summed E-state index contributed by atoms with van der Waals surface area (Å²) in [6, 6.07) is 0.366. The van der Waals surface area contributed by atoms with E-state index in [9.17, 15) is 0 Å². The van der Waals surface area contributed by atoms with Crippen molar-refractivity contribution in [2.24, 2.45) is 5.92 Å². The van der Waals surface area contributed by atoms with Gasteiger partial charge in [0.05, 0.1) is 12.0 Å². The minimum absolute atomic E-state index is 0.240. The Balaban J connectivity index is 2.49. The monoisotopic (exact) mass is 239 g/mol. The molecule has 0 radical (unpaired) electrons. The molecular weight excluding hydrogens is 214 g/mol. The molecule has 0 fully saturated rings. The van der Waals surface area contributed by atoms with E-state index in [1.54, 1.807) is 0 Å². The maximum absolute atomic E-state index is 9.02. The van der Waals surface area contributed by atoms with Gasteiger partial charge in [-0.15, -0.1) is 0 Å². The van der Waals surface area contributed by atoms with Crippen LogP contribution in [0.15, 0.2) is 12.5 Å². The summed E-state index contributed by atoms with van der Waals surface area (Å²) in [6.07, 6.45) is 5.73. The third-order valence-corrected chi connectivity index (χ3v) is 3.05. The predicted octanol–water partition coefficient (Wildman–Crippen LogP) is 1.79. The Morgan fingerprint density at radius 3 is 2.82 bits per heavy atom. The number of aromatic nitrogens is 2. The fourth-order valence-corrected chi connectivity index (χ4v) is 1.98. The Morgan fingerprint density at radius 2 is 2.24 bits per heavy atom. The van der Waals surface area contributed by atoms with Gasteiger partial charge in [0.1, 0.15) is 0 Å². The number of aliphatic hydroxyl groups is 1. The molecule has 0 saturated heterocycles. The van der Waals surface area contributed by atoms with Crippen LogP contribution in [0.5, 0.6) is 0 Å². The van der Waals surface area contributed by atoms with Crippen molar-refractivity contribution in [1.82, 2.24) is 14.9 Å². The second-order valence-electron chi connectivity index (χ2n) is 4.82. The minimum Gasteiger partial charge on any atom is -0.396 e. The number of nitrogens with zero attached hydrogens (tertiary/aromatic N) is 2. The Hall–Kier alpha value is -0.870. The van der Waals surface area contributed by atoms with Crippen molar-refractivity contribution < 1.29 is 5.11 Å². The first kappa shape index (κ1) is 14.2. The number of nitrogens with one attached hydrogen (secondary N) is 1. The minimum atomic E-state index is 0.240. The van der Waals surface area contributed by atoms with E-state index in [1.165, 1.54) is 5.69 Å². The summed E-state index contributed by atoms with van der Waals surface area (Å²) in [6.45, 7) is 8.60. The lowest BCUT2D eigenvalue weighted by atomic mass is 10.0. The summed E-state index contributed by atoms with van der Waals surface area (Å²) >= 11 is 0. The van der Waals surface area contributed by atoms with Gasteiger partial charge >= 0.3 is 0 Å². The van der Waals surface area contributed by atoms with E-state index in [0.717, 1.165) is 25.9 Å². The normalized spacial score (nSPS) is 13.2. The molecule has 17 heavy (non-hydrogen) atoms. The van der Waals surface area contributed by atoms with Crippen LogP contribution in [0.2, 0.25) is 0 Å². The lowest BCUT2D eigenvalue weighted by Gasteiger charge is -2.21. The summed E-state index contributed by atoms with van der Waals surface area (Å²) in [5.41, 5.74) is 1.22. The molecule has 2 N–H and O–H groups in total. The number of imidazole rings is 1. The van der Waals surface area contributed by atoms with Crippen molar-refractivity contribution in [3.63, 3.8) is 0 Å². The van der Waals surface area contributed by atoms with Crippen molar-refractivity contribution in [2.75, 3.05) is 6.61 Å². The molecule has 1 atom stereocenters. The third-order valence-electron chi connectivity index (χ3n) is 3.05. The van der Waals surface area contributed by atoms with Crippen molar-refractivity contribution in [3.8, 4) is 0 Å². The van der Waals surface area contributed by atoms with Crippen LogP contribution in [0.1, 0.15) is 39.3 Å². The summed E-state index contributed by atoms with van der Waals surface area (Å²) in [5.74, 6) is 0.532. The lowest BCUT2D eigenvalue weighted by Crippen LogP contribution is -2.34. The first-order valence-electron chi connectivity index (χ1n) is 6.52. The van der Waals surface area contributed by atoms with Gasteiger partial charge in [-0.05, 0) is 18.8 Å². The van der Waals surface area contributed by atoms with Gasteiger partial charge in [-0.1, -0.05) is 20.8 Å². The van der Waals surface area contributed by atoms with Gasteiger partial charge in [0, 0.05) is 31.9 Å². The predicted molar refractivity (Wildman–Crippen MR) is 69.7 cm³/mol. The molecule has 4 nitrogen and oxygen atoms in total. The fraction of sp³-hybridized carbons (Fsp3) is 0.769. The van der Waals surface area contributed by atoms with Crippen LogP contribution in [0.3, 0.4) is 0 Å². The SMILES string of the molecule is CCCn1cncc1CNC(CCO)C(C)C. The zero-order valence-electron chi connectivity index (χ0n) is 11.2. The van der Waals surface area contributed by atoms with E-state index < -0.39 is 0 Å². The molecule has 1 rings (SSSR count). The van der Waals surface area contributed by atoms with Crippen LogP contribution in [-0.4, -0.2) is 27.3 Å². The van der Waals surface area contributed by atoms with E-state index in [1.807, 2.05) is 12.5 Å². The van der Waals surface area contributed by atoms with Crippen LogP contribution in [0.25, 0.3) is 0 Å². The van der Waals surface area contributed by atoms with E-state index in [-0.39, 0.29) is 6.61 Å². The van der Waals surface area contributed by atoms with Gasteiger partial charge in [0.15, 0.2) is 0 Å². The summed E-state index contributed by atoms with van der Waals surface area (Å²) in [4.78, 5) is 4.18. The molecule has 98 valence electrons. The molecule has 1 unspecified atom stereocenters. The van der Waals surface area contributed by atoms with E-state index in [0.29, 0.717) is 12.0 Å². The topological polar surface area (TPSA) is 50.1 Å². The van der Waals surface area contributed by atoms with Crippen LogP contribution >= 0.6 is 0 Å². The third kappa shape index (κ3) is 4.48. The molecule has 4 heteroatoms. The molecule has 0 aliphatic carbocycles. The number of hydrogen-bond donors (Lipinski definition) is 2. The van der Waals surface area contributed by atoms with Crippen molar-refractivity contribution in [1.29, 1.82) is 0 Å². The van der Waals surface area contributed by atoms with Gasteiger partial charge in [0.2, 0.25) is 0 Å². The molecule has 0 aromatic carbocycles. The Kier molecular flexibility index (Phi) is 6.22. The van der Waals surface area contributed by atoms with Gasteiger partial charge in [-0.2, -0.15) is 0 Å². The number of aryl methyl sites for hydroxylation is 1. The molecular formula is C13H25N3O. The molecule has 0 bridgehead atoms. The smallest absolute Gasteiger partial charge is 0.0948 e. The molecule has 0 amide bonds. The molecule has 0 aliphatic heterocycles. The first-order chi connectivity index (χ1) is 8.19. The average Bonchev–Trinajstić information content (AvgIpc) is 2.72. The van der Waals surface area contributed by atoms with Crippen LogP contribution in [0.4, 0.5) is 0 Å². The number of rotatable bonds is 8. The summed E-state index contributed by atoms with van der Waals surface area (Å²) < 4.78 is 2.18. The van der Waals surface area contributed by atoms with Gasteiger partial charge in [-0.25, -0.2) is 4.98 Å². The molecule has 0 saturated carbocycles. The number of hydrogen-bond acceptors (Lipinski definition) is 3. The van der Waals surface area contributed by atoms with Crippen LogP contribution in [0, 0.1) is 5.92 Å². The lowest BCUT2D eigenvalue weighted by molar-refractivity contribution is 0.243. The Bertz CT molecular complexity index is 309. The Morgan fingerprint density at radius 1 is 1.47 bits per heavy atom. The van der Waals surface area contributed by atoms with Gasteiger partial charge < -0.3 is 15.0 Å². The van der Waals surface area contributed by atoms with Gasteiger partial charge in [-0.3, -0.25) is 0 Å². The van der Waals surface area contributed by atoms with Crippen molar-refractivity contribution >= 4 is 0 Å². The van der Waals surface area contributed by atoms with Crippen LogP contribution in [-0.2, 0) is 13.1 Å². The average molecular weight is 239 g/mol. The maximum atomic E-state index is 9.02. The van der Waals surface area contributed by atoms with Crippen molar-refractivity contribution in [2.45, 2.75) is 52.7 Å². The molecule has 0 aliphatic rings. The highest BCUT2D eigenvalue weighted by Gasteiger charge is 2.12.